The molecule has 4 heteroatoms. The second-order valence-electron chi connectivity index (χ2n) is 5.69. The number of carbonyl (C=O) groups is 1. The van der Waals surface area contributed by atoms with Crippen LogP contribution in [0.2, 0.25) is 0 Å². The largest absolute Gasteiger partial charge is 0.356 e. The molecule has 1 atom stereocenters. The molecule has 1 amide bonds. The first kappa shape index (κ1) is 13.9. The lowest BCUT2D eigenvalue weighted by Crippen LogP contribution is -2.36. The quantitative estimate of drug-likeness (QED) is 0.851. The lowest BCUT2D eigenvalue weighted by molar-refractivity contribution is 0.0736. The lowest BCUT2D eigenvalue weighted by Gasteiger charge is -2.24. The van der Waals surface area contributed by atoms with Gasteiger partial charge in [0.2, 0.25) is 0 Å². The average molecular weight is 286 g/mol. The molecule has 3 nitrogen and oxygen atoms in total. The predicted molar refractivity (Wildman–Crippen MR) is 79.6 cm³/mol. The molecule has 1 aromatic heterocycles. The summed E-state index contributed by atoms with van der Waals surface area (Å²) in [5.74, 6) is -0.138. The molecule has 1 aromatic carbocycles. The molecule has 1 unspecified atom stereocenters. The first-order valence-electron chi connectivity index (χ1n) is 7.31. The number of rotatable bonds is 3. The van der Waals surface area contributed by atoms with Crippen LogP contribution in [0, 0.1) is 5.82 Å². The number of hydrogen-bond acceptors (Lipinski definition) is 1. The molecule has 0 saturated carbocycles. The molecule has 0 N–H and O–H groups in total. The third-order valence-corrected chi connectivity index (χ3v) is 4.08. The Hall–Kier alpha value is -2.10. The second-order valence-corrected chi connectivity index (χ2v) is 5.69. The van der Waals surface area contributed by atoms with Crippen molar-refractivity contribution in [2.75, 3.05) is 6.54 Å². The van der Waals surface area contributed by atoms with Crippen LogP contribution in [0.25, 0.3) is 0 Å². The molecular formula is C17H19FN2O. The summed E-state index contributed by atoms with van der Waals surface area (Å²) in [6.45, 7) is 0.785. The minimum Gasteiger partial charge on any atom is -0.356 e. The Labute approximate surface area is 124 Å². The van der Waals surface area contributed by atoms with Gasteiger partial charge in [0.05, 0.1) is 5.56 Å². The van der Waals surface area contributed by atoms with Crippen molar-refractivity contribution >= 4 is 5.91 Å². The van der Waals surface area contributed by atoms with Crippen LogP contribution in [0.4, 0.5) is 4.39 Å². The zero-order chi connectivity index (χ0) is 14.8. The summed E-state index contributed by atoms with van der Waals surface area (Å²) in [4.78, 5) is 14.5. The summed E-state index contributed by atoms with van der Waals surface area (Å²) in [5.41, 5.74) is 1.68. The summed E-state index contributed by atoms with van der Waals surface area (Å²) in [5, 5.41) is 0. The van der Waals surface area contributed by atoms with E-state index in [-0.39, 0.29) is 17.8 Å². The van der Waals surface area contributed by atoms with Gasteiger partial charge in [-0.2, -0.15) is 0 Å². The fourth-order valence-corrected chi connectivity index (χ4v) is 3.05. The number of aromatic nitrogens is 1. The highest BCUT2D eigenvalue weighted by atomic mass is 19.1. The van der Waals surface area contributed by atoms with Crippen LogP contribution in [-0.2, 0) is 13.5 Å². The van der Waals surface area contributed by atoms with Gasteiger partial charge < -0.3 is 9.47 Å². The van der Waals surface area contributed by atoms with Crippen LogP contribution < -0.4 is 0 Å². The van der Waals surface area contributed by atoms with Crippen molar-refractivity contribution in [3.8, 4) is 0 Å². The Morgan fingerprint density at radius 3 is 2.95 bits per heavy atom. The Balaban J connectivity index is 1.75. The van der Waals surface area contributed by atoms with E-state index >= 15 is 0 Å². The molecule has 1 aliphatic heterocycles. The number of aryl methyl sites for hydroxylation is 1. The van der Waals surface area contributed by atoms with Crippen molar-refractivity contribution in [1.29, 1.82) is 0 Å². The highest BCUT2D eigenvalue weighted by Gasteiger charge is 2.29. The van der Waals surface area contributed by atoms with Gasteiger partial charge in [-0.1, -0.05) is 12.1 Å². The minimum absolute atomic E-state index is 0.0782. The van der Waals surface area contributed by atoms with Crippen LogP contribution in [0.5, 0.6) is 0 Å². The number of benzene rings is 1. The van der Waals surface area contributed by atoms with E-state index in [0.717, 1.165) is 36.9 Å². The maximum atomic E-state index is 13.3. The van der Waals surface area contributed by atoms with Crippen LogP contribution in [-0.4, -0.2) is 28.0 Å². The van der Waals surface area contributed by atoms with Gasteiger partial charge in [0, 0.05) is 32.0 Å². The highest BCUT2D eigenvalue weighted by molar-refractivity contribution is 5.94. The fourth-order valence-electron chi connectivity index (χ4n) is 3.05. The molecule has 2 heterocycles. The van der Waals surface area contributed by atoms with E-state index < -0.39 is 0 Å². The molecule has 0 radical (unpaired) electrons. The van der Waals surface area contributed by atoms with Crippen molar-refractivity contribution in [3.63, 3.8) is 0 Å². The van der Waals surface area contributed by atoms with Gasteiger partial charge in [0.25, 0.3) is 5.91 Å². The Morgan fingerprint density at radius 1 is 1.38 bits per heavy atom. The topological polar surface area (TPSA) is 25.2 Å². The van der Waals surface area contributed by atoms with Crippen LogP contribution in [0.3, 0.4) is 0 Å². The molecule has 0 aliphatic carbocycles. The molecule has 110 valence electrons. The van der Waals surface area contributed by atoms with Gasteiger partial charge in [-0.25, -0.2) is 4.39 Å². The number of hydrogen-bond donors (Lipinski definition) is 0. The molecule has 1 fully saturated rings. The van der Waals surface area contributed by atoms with Crippen molar-refractivity contribution in [3.05, 3.63) is 59.7 Å². The number of amides is 1. The summed E-state index contributed by atoms with van der Waals surface area (Å²) >= 11 is 0. The normalized spacial score (nSPS) is 18.2. The van der Waals surface area contributed by atoms with E-state index in [0.29, 0.717) is 0 Å². The average Bonchev–Trinajstić information content (AvgIpc) is 3.07. The van der Waals surface area contributed by atoms with Crippen LogP contribution in [0.15, 0.2) is 42.7 Å². The van der Waals surface area contributed by atoms with E-state index in [1.165, 1.54) is 6.07 Å². The lowest BCUT2D eigenvalue weighted by atomic mass is 10.0. The monoisotopic (exact) mass is 286 g/mol. The van der Waals surface area contributed by atoms with Crippen molar-refractivity contribution in [2.45, 2.75) is 25.3 Å². The van der Waals surface area contributed by atoms with E-state index in [1.807, 2.05) is 41.0 Å². The highest BCUT2D eigenvalue weighted by Crippen LogP contribution is 2.23. The van der Waals surface area contributed by atoms with E-state index in [2.05, 4.69) is 0 Å². The number of nitrogens with zero attached hydrogens (tertiary/aromatic N) is 2. The van der Waals surface area contributed by atoms with Crippen LogP contribution in [0.1, 0.15) is 28.8 Å². The van der Waals surface area contributed by atoms with Crippen LogP contribution >= 0.6 is 0 Å². The number of halogens is 1. The van der Waals surface area contributed by atoms with Gasteiger partial charge in [-0.3, -0.25) is 4.79 Å². The van der Waals surface area contributed by atoms with Gasteiger partial charge >= 0.3 is 0 Å². The smallest absolute Gasteiger partial charge is 0.255 e. The third-order valence-electron chi connectivity index (χ3n) is 4.08. The molecule has 3 rings (SSSR count). The number of likely N-dealkylation sites (tertiary alicyclic amines) is 1. The Bertz CT molecular complexity index is 650. The van der Waals surface area contributed by atoms with Crippen molar-refractivity contribution in [1.82, 2.24) is 9.47 Å². The minimum atomic E-state index is -0.216. The molecular weight excluding hydrogens is 267 g/mol. The summed E-state index contributed by atoms with van der Waals surface area (Å²) in [7, 11) is 1.91. The van der Waals surface area contributed by atoms with Crippen molar-refractivity contribution in [2.24, 2.45) is 7.05 Å². The first-order chi connectivity index (χ1) is 10.1. The van der Waals surface area contributed by atoms with Gasteiger partial charge in [0.15, 0.2) is 0 Å². The van der Waals surface area contributed by atoms with Gasteiger partial charge in [-0.15, -0.1) is 0 Å². The summed E-state index contributed by atoms with van der Waals surface area (Å²) in [6, 6.07) is 8.67. The van der Waals surface area contributed by atoms with Crippen molar-refractivity contribution < 1.29 is 9.18 Å². The van der Waals surface area contributed by atoms with Gasteiger partial charge in [-0.05, 0) is 43.0 Å². The molecule has 21 heavy (non-hydrogen) atoms. The Morgan fingerprint density at radius 2 is 2.24 bits per heavy atom. The van der Waals surface area contributed by atoms with E-state index in [9.17, 15) is 9.18 Å². The molecule has 0 bridgehead atoms. The van der Waals surface area contributed by atoms with E-state index in [1.54, 1.807) is 12.1 Å². The maximum Gasteiger partial charge on any atom is 0.255 e. The Kier molecular flexibility index (Phi) is 3.78. The zero-order valence-corrected chi connectivity index (χ0v) is 12.1. The van der Waals surface area contributed by atoms with E-state index in [4.69, 9.17) is 0 Å². The maximum absolute atomic E-state index is 13.3. The number of carbonyl (C=O) groups excluding carboxylic acids is 1. The first-order valence-corrected chi connectivity index (χ1v) is 7.31. The van der Waals surface area contributed by atoms with Gasteiger partial charge in [0.1, 0.15) is 5.82 Å². The molecule has 2 aromatic rings. The molecule has 0 spiro atoms. The fraction of sp³-hybridized carbons (Fsp3) is 0.353. The third kappa shape index (κ3) is 2.99. The molecule has 1 aliphatic rings. The standard InChI is InChI=1S/C17H19FN2O/c1-19-9-7-14(12-19)17(21)20-8-3-6-16(20)11-13-4-2-5-15(18)10-13/h2,4-5,7,9-10,12,16H,3,6,8,11H2,1H3. The predicted octanol–water partition coefficient (Wildman–Crippen LogP) is 3.01. The summed E-state index contributed by atoms with van der Waals surface area (Å²) in [6.07, 6.45) is 6.44. The summed E-state index contributed by atoms with van der Waals surface area (Å²) < 4.78 is 15.2. The molecule has 1 saturated heterocycles. The zero-order valence-electron chi connectivity index (χ0n) is 12.1. The second kappa shape index (κ2) is 5.72. The SMILES string of the molecule is Cn1ccc(C(=O)N2CCCC2Cc2cccc(F)c2)c1.